The number of nitrogens with zero attached hydrogens (tertiary/aromatic N) is 1. The van der Waals surface area contributed by atoms with Gasteiger partial charge in [0.25, 0.3) is 5.22 Å². The number of oxazole rings is 1. The summed E-state index contributed by atoms with van der Waals surface area (Å²) in [6.07, 6.45) is -9.67. The number of carbonyl (C=O) groups excluding carboxylic acids is 7. The summed E-state index contributed by atoms with van der Waals surface area (Å²) in [7, 11) is 1.49. The molecular formula is C91H104Cl2N10O24S. The molecule has 7 amide bonds. The van der Waals surface area contributed by atoms with Gasteiger partial charge in [0.05, 0.1) is 40.8 Å². The number of rotatable bonds is 27. The monoisotopic (exact) mass is 1820 g/mol. The van der Waals surface area contributed by atoms with Crippen molar-refractivity contribution in [1.82, 2.24) is 47.5 Å². The number of phenols is 3. The van der Waals surface area contributed by atoms with E-state index in [1.54, 1.807) is 13.8 Å². The van der Waals surface area contributed by atoms with Crippen molar-refractivity contribution in [1.29, 1.82) is 0 Å². The number of aliphatic hydroxyl groups is 5. The molecule has 9 unspecified atom stereocenters. The molecule has 11 bridgehead atoms. The molecule has 19 N–H and O–H groups in total. The van der Waals surface area contributed by atoms with E-state index in [9.17, 15) is 60.3 Å². The van der Waals surface area contributed by atoms with Crippen LogP contribution in [0.1, 0.15) is 163 Å². The predicted molar refractivity (Wildman–Crippen MR) is 467 cm³/mol. The third-order valence-electron chi connectivity index (χ3n) is 23.2. The number of fused-ring (bicyclic) bond motifs is 15. The molecule has 8 aromatic rings. The van der Waals surface area contributed by atoms with Crippen molar-refractivity contribution in [2.24, 2.45) is 11.7 Å². The zero-order valence-corrected chi connectivity index (χ0v) is 73.0. The molecule has 2 fully saturated rings. The van der Waals surface area contributed by atoms with Crippen LogP contribution in [0, 0.1) is 5.92 Å². The van der Waals surface area contributed by atoms with Gasteiger partial charge in [0.1, 0.15) is 89.1 Å². The number of halogens is 2. The Labute approximate surface area is 750 Å². The Morgan fingerprint density at radius 3 is 1.90 bits per heavy atom. The number of nitrogens with two attached hydrogens (primary N) is 1. The molecule has 7 aliphatic heterocycles. The van der Waals surface area contributed by atoms with Gasteiger partial charge < -0.3 is 127 Å². The molecule has 682 valence electrons. The highest BCUT2D eigenvalue weighted by Crippen LogP contribution is 2.51. The van der Waals surface area contributed by atoms with Crippen molar-refractivity contribution < 1.29 is 117 Å². The molecule has 0 radical (unpaired) electrons. The lowest BCUT2D eigenvalue weighted by molar-refractivity contribution is -0.330. The van der Waals surface area contributed by atoms with Gasteiger partial charge in [-0.05, 0) is 123 Å². The Morgan fingerprint density at radius 1 is 0.664 bits per heavy atom. The van der Waals surface area contributed by atoms with Crippen LogP contribution in [0.15, 0.2) is 149 Å². The number of ether oxygens (including phenoxy) is 6. The molecule has 34 nitrogen and oxygen atoms in total. The average molecular weight is 1820 g/mol. The van der Waals surface area contributed by atoms with Gasteiger partial charge in [0.2, 0.25) is 53.4 Å². The summed E-state index contributed by atoms with van der Waals surface area (Å²) >= 11 is 15.6. The summed E-state index contributed by atoms with van der Waals surface area (Å²) in [5.74, 6) is -15.6. The van der Waals surface area contributed by atoms with Crippen LogP contribution in [-0.2, 0) is 52.6 Å². The van der Waals surface area contributed by atoms with E-state index in [-0.39, 0.29) is 62.9 Å². The van der Waals surface area contributed by atoms with Gasteiger partial charge in [-0.25, -0.2) is 9.78 Å². The fraction of sp³-hybridized carbons (Fsp3) is 0.418. The first-order valence-corrected chi connectivity index (χ1v) is 44.0. The first-order chi connectivity index (χ1) is 61.2. The molecule has 2 saturated heterocycles. The third kappa shape index (κ3) is 21.7. The molecular weight excluding hydrogens is 1720 g/mol. The van der Waals surface area contributed by atoms with Crippen molar-refractivity contribution in [2.45, 2.75) is 220 Å². The standard InChI is InChI=1S/C91H104Cl2N10O24S/c1-7-8-9-10-11-12-13-20-31-96-91(5)41-66(121-44(4)81(91)112)125-80-77(111)76(110)64(42-128-90-103-68(45-21-16-14-17-22-45)78(127-90)46-23-18-15-19-24-46)124-89(80)126-79-62-36-50-37-63(79)123-61-30-27-49(35-55(61)93)75(109)73-87(118)100-71(88(119)120)53-38-51(104)39-59(106)67(53)52-33-47(25-28-58(52)105)69(84(115)102-73)99-85(116)70(50)98-83(114)57(40-65(94)107)97-86(117)72(101-82(113)56(95-6)32-43(2)3)74(108)48-26-29-60(122-62)54(92)34-48/h14-19,21-30,33-39,43-44,56-57,64,66,69-77,80-81,89,95-96,104-106,108-112H,7-13,20,31-32,40-42H2,1-6H3,(H2,94,107)(H,97,117)(H,98,114)(H,99,116)(H,100,118)(H,101,113)(H,102,115)(H,119,120)/t44?,56-,57+,64?,66?,69-,70-,71-,72-,73+,74-,75-,76?,77?,80?,81?,89?,91?/m1/s1. The van der Waals surface area contributed by atoms with E-state index >= 15 is 24.0 Å². The van der Waals surface area contributed by atoms with Crippen LogP contribution < -0.4 is 62.5 Å². The SMILES string of the molecule is CCCCCCCCCCNC1(C)CC(OC2C(Oc3c4cc5cc3Oc3ccc(cc3Cl)[C@@H](O)[C@@H](NC(=O)[C@@H](CC(C)C)NC)C(=O)N[C@@H](CC(N)=O)C(=O)N[C@H]5C(=O)N[C@H]3C(=O)N[C@H](C(=O)N[C@@H](C(=O)O)c5cc(O)cc(O)c5-c5cc3ccc5O)[C@H](O)c3ccc(c(Cl)c3)O4)OC(CSc3nc(-c4ccccc4)c(-c4ccccc4)o3)C(O)C2O)OC(C)C1O. The number of likely N-dealkylation sites (N-methyl/N-ethyl adjacent to an activating group) is 1. The number of aromatic hydroxyl groups is 3. The number of phenolic OH excluding ortho intramolecular Hbond substituents is 3. The van der Waals surface area contributed by atoms with Gasteiger partial charge in [-0.3, -0.25) is 33.6 Å². The average Bonchev–Trinajstić information content (AvgIpc) is 1.02. The molecule has 8 heterocycles. The van der Waals surface area contributed by atoms with Crippen molar-refractivity contribution in [3.63, 3.8) is 0 Å². The number of primary amides is 1. The molecule has 7 aromatic carbocycles. The van der Waals surface area contributed by atoms with Crippen LogP contribution in [0.5, 0.6) is 46.0 Å². The first-order valence-electron chi connectivity index (χ1n) is 42.2. The number of aromatic nitrogens is 1. The summed E-state index contributed by atoms with van der Waals surface area (Å²) < 4.78 is 47.7. The number of benzene rings is 7. The molecule has 37 heteroatoms. The van der Waals surface area contributed by atoms with E-state index in [2.05, 4.69) is 49.5 Å². The Bertz CT molecular complexity index is 5330. The van der Waals surface area contributed by atoms with Crippen molar-refractivity contribution in [3.8, 4) is 79.7 Å². The van der Waals surface area contributed by atoms with Gasteiger partial charge in [0.15, 0.2) is 35.7 Å². The number of nitrogens with one attached hydrogen (secondary N) is 8. The van der Waals surface area contributed by atoms with E-state index in [1.165, 1.54) is 37.4 Å². The van der Waals surface area contributed by atoms with Gasteiger partial charge in [-0.2, -0.15) is 0 Å². The third-order valence-corrected chi connectivity index (χ3v) is 24.7. The highest BCUT2D eigenvalue weighted by molar-refractivity contribution is 7.99. The number of amides is 7. The molecule has 0 spiro atoms. The summed E-state index contributed by atoms with van der Waals surface area (Å²) in [5.41, 5.74) is 3.82. The number of aliphatic carboxylic acids is 1. The lowest BCUT2D eigenvalue weighted by atomic mass is 9.85. The van der Waals surface area contributed by atoms with Crippen molar-refractivity contribution in [3.05, 3.63) is 177 Å². The highest BCUT2D eigenvalue weighted by atomic mass is 35.5. The van der Waals surface area contributed by atoms with E-state index in [4.69, 9.17) is 66.8 Å². The Kier molecular flexibility index (Phi) is 30.6. The van der Waals surface area contributed by atoms with Crippen LogP contribution in [-0.4, -0.2) is 197 Å². The fourth-order valence-corrected chi connectivity index (χ4v) is 17.7. The van der Waals surface area contributed by atoms with E-state index in [0.717, 1.165) is 112 Å². The van der Waals surface area contributed by atoms with Gasteiger partial charge in [-0.1, -0.05) is 180 Å². The second kappa shape index (κ2) is 41.5. The number of carbonyl (C=O) groups is 8. The molecule has 0 aliphatic carbocycles. The number of hydrogen-bond acceptors (Lipinski definition) is 27. The van der Waals surface area contributed by atoms with Gasteiger partial charge in [-0.15, -0.1) is 0 Å². The number of hydrogen-bond donors (Lipinski definition) is 18. The number of thioether (sulfide) groups is 1. The summed E-state index contributed by atoms with van der Waals surface area (Å²) in [4.78, 5) is 124. The van der Waals surface area contributed by atoms with Crippen molar-refractivity contribution in [2.75, 3.05) is 19.3 Å². The maximum atomic E-state index is 16.5. The zero-order chi connectivity index (χ0) is 91.7. The van der Waals surface area contributed by atoms with Crippen LogP contribution in [0.2, 0.25) is 10.0 Å². The molecule has 7 aliphatic rings. The maximum absolute atomic E-state index is 16.5. The first kappa shape index (κ1) is 94.5. The molecule has 15 rings (SSSR count). The maximum Gasteiger partial charge on any atom is 0.330 e. The quantitative estimate of drug-likeness (QED) is 0.0168. The lowest BCUT2D eigenvalue weighted by Crippen LogP contribution is -2.65. The van der Waals surface area contributed by atoms with Gasteiger partial charge >= 0.3 is 5.97 Å². The smallest absolute Gasteiger partial charge is 0.330 e. The lowest BCUT2D eigenvalue weighted by Gasteiger charge is -2.48. The van der Waals surface area contributed by atoms with Crippen LogP contribution in [0.4, 0.5) is 0 Å². The number of carboxylic acids is 1. The van der Waals surface area contributed by atoms with E-state index < -0.39 is 225 Å². The normalized spacial score (nSPS) is 25.7. The number of aliphatic hydroxyl groups excluding tert-OH is 5. The van der Waals surface area contributed by atoms with Crippen LogP contribution in [0.25, 0.3) is 33.7 Å². The number of unbranched alkanes of at least 4 members (excludes halogenated alkanes) is 7. The highest BCUT2D eigenvalue weighted by Gasteiger charge is 2.53. The minimum atomic E-state index is -2.36. The topological polar surface area (TPSA) is 522 Å². The van der Waals surface area contributed by atoms with Crippen LogP contribution in [0.3, 0.4) is 0 Å². The number of carboxylic acid groups (broad SMARTS) is 1. The van der Waals surface area contributed by atoms with Gasteiger partial charge in [0, 0.05) is 51.6 Å². The molecule has 18 atom stereocenters. The van der Waals surface area contributed by atoms with Crippen LogP contribution >= 0.6 is 35.0 Å². The summed E-state index contributed by atoms with van der Waals surface area (Å²) in [6, 6.07) is 18.2. The predicted octanol–water partition coefficient (Wildman–Crippen LogP) is 9.00. The Balaban J connectivity index is 1.01. The molecule has 1 aromatic heterocycles. The van der Waals surface area contributed by atoms with Crippen molar-refractivity contribution >= 4 is 82.3 Å². The second-order valence-corrected chi connectivity index (χ2v) is 34.8. The zero-order valence-electron chi connectivity index (χ0n) is 70.7. The van der Waals surface area contributed by atoms with E-state index in [1.807, 2.05) is 74.5 Å². The Morgan fingerprint density at radius 2 is 1.27 bits per heavy atom. The fourth-order valence-electron chi connectivity index (χ4n) is 16.4. The molecule has 128 heavy (non-hydrogen) atoms. The summed E-state index contributed by atoms with van der Waals surface area (Å²) in [6.45, 7) is 9.75. The summed E-state index contributed by atoms with van der Waals surface area (Å²) in [5, 5.41) is 129. The second-order valence-electron chi connectivity index (χ2n) is 33.0. The minimum absolute atomic E-state index is 0.0865. The minimum Gasteiger partial charge on any atom is -0.508 e. The Hall–Kier alpha value is -11.2. The van der Waals surface area contributed by atoms with E-state index in [0.29, 0.717) is 29.1 Å². The largest absolute Gasteiger partial charge is 0.508 e. The molecule has 0 saturated carbocycles.